The molecule has 0 aliphatic heterocycles. The second-order valence-electron chi connectivity index (χ2n) is 2.42. The van der Waals surface area contributed by atoms with Crippen LogP contribution in [0.25, 0.3) is 0 Å². The van der Waals surface area contributed by atoms with E-state index in [0.717, 1.165) is 0 Å². The van der Waals surface area contributed by atoms with E-state index in [1.54, 1.807) is 0 Å². The van der Waals surface area contributed by atoms with Crippen molar-refractivity contribution in [3.63, 3.8) is 0 Å². The van der Waals surface area contributed by atoms with Crippen LogP contribution in [0.2, 0.25) is 0 Å². The fourth-order valence-electron chi connectivity index (χ4n) is 0.912. The van der Waals surface area contributed by atoms with Crippen molar-refractivity contribution in [2.45, 2.75) is 6.42 Å². The van der Waals surface area contributed by atoms with E-state index in [9.17, 15) is 14.9 Å². The molecule has 0 aromatic heterocycles. The maximum absolute atomic E-state index is 10.5. The van der Waals surface area contributed by atoms with Gasteiger partial charge in [-0.05, 0) is 18.6 Å². The number of nitro groups is 1. The number of aliphatic carboxylic acids is 1. The van der Waals surface area contributed by atoms with Gasteiger partial charge in [0.15, 0.2) is 0 Å². The first kappa shape index (κ1) is 9.18. The summed E-state index contributed by atoms with van der Waals surface area (Å²) in [5, 5.41) is 18.9. The first-order chi connectivity index (χ1) is 6.11. The molecule has 0 radical (unpaired) electrons. The maximum Gasteiger partial charge on any atom is 0.335 e. The quantitative estimate of drug-likeness (QED) is 0.511. The zero-order valence-corrected chi connectivity index (χ0v) is 6.64. The minimum absolute atomic E-state index is 0.0764. The molecule has 5 nitrogen and oxygen atoms in total. The highest BCUT2D eigenvalue weighted by atomic mass is 16.6. The average Bonchev–Trinajstić information content (AvgIpc) is 2.27. The van der Waals surface area contributed by atoms with Gasteiger partial charge < -0.3 is 5.11 Å². The smallest absolute Gasteiger partial charge is 0.335 e. The average molecular weight is 181 g/mol. The van der Waals surface area contributed by atoms with Gasteiger partial charge in [-0.1, -0.05) is 6.08 Å². The van der Waals surface area contributed by atoms with E-state index in [1.807, 2.05) is 0 Å². The summed E-state index contributed by atoms with van der Waals surface area (Å²) in [6.45, 7) is 0. The van der Waals surface area contributed by atoms with E-state index in [1.165, 1.54) is 24.3 Å². The molecule has 5 heteroatoms. The van der Waals surface area contributed by atoms with Crippen LogP contribution in [0.4, 0.5) is 0 Å². The van der Waals surface area contributed by atoms with E-state index >= 15 is 0 Å². The molecule has 0 heterocycles. The number of nitrogens with zero attached hydrogens (tertiary/aromatic N) is 1. The number of carbonyl (C=O) groups is 1. The Balaban J connectivity index is 2.86. The Labute approximate surface area is 73.8 Å². The van der Waals surface area contributed by atoms with Gasteiger partial charge in [0.2, 0.25) is 0 Å². The summed E-state index contributed by atoms with van der Waals surface area (Å²) in [6, 6.07) is 0. The summed E-state index contributed by atoms with van der Waals surface area (Å²) in [5.74, 6) is -1.07. The predicted molar refractivity (Wildman–Crippen MR) is 44.6 cm³/mol. The number of carboxylic acids is 1. The number of rotatable bonds is 2. The summed E-state index contributed by atoms with van der Waals surface area (Å²) < 4.78 is 0. The summed E-state index contributed by atoms with van der Waals surface area (Å²) >= 11 is 0. The molecular formula is C8H7NO4. The van der Waals surface area contributed by atoms with Gasteiger partial charge in [-0.2, -0.15) is 0 Å². The van der Waals surface area contributed by atoms with Gasteiger partial charge in [-0.3, -0.25) is 10.1 Å². The topological polar surface area (TPSA) is 80.4 Å². The lowest BCUT2D eigenvalue weighted by molar-refractivity contribution is -0.419. The van der Waals surface area contributed by atoms with Crippen molar-refractivity contribution in [3.8, 4) is 0 Å². The van der Waals surface area contributed by atoms with E-state index in [4.69, 9.17) is 5.11 Å². The van der Waals surface area contributed by atoms with Gasteiger partial charge in [0, 0.05) is 6.08 Å². The fourth-order valence-corrected chi connectivity index (χ4v) is 0.912. The molecule has 1 aliphatic carbocycles. The molecule has 0 spiro atoms. The van der Waals surface area contributed by atoms with Crippen LogP contribution < -0.4 is 0 Å². The van der Waals surface area contributed by atoms with Crippen LogP contribution in [-0.2, 0) is 4.79 Å². The Bertz CT molecular complexity index is 306. The fraction of sp³-hybridized carbons (Fsp3) is 0.125. The normalized spacial score (nSPS) is 15.7. The molecule has 0 fully saturated rings. The summed E-state index contributed by atoms with van der Waals surface area (Å²) in [7, 11) is 0. The zero-order valence-electron chi connectivity index (χ0n) is 6.64. The van der Waals surface area contributed by atoms with Crippen LogP contribution in [-0.4, -0.2) is 16.0 Å². The Kier molecular flexibility index (Phi) is 2.59. The lowest BCUT2D eigenvalue weighted by Gasteiger charge is -1.89. The standard InChI is InChI=1S/C8H7NO4/c10-8(11)6-2-1-3-7(5-4-6)9(12)13/h2-5H,1H2,(H,10,11). The largest absolute Gasteiger partial charge is 0.478 e. The minimum atomic E-state index is -1.07. The molecule has 1 N–H and O–H groups in total. The van der Waals surface area contributed by atoms with E-state index in [0.29, 0.717) is 0 Å². The van der Waals surface area contributed by atoms with Gasteiger partial charge in [-0.25, -0.2) is 4.79 Å². The van der Waals surface area contributed by atoms with Crippen molar-refractivity contribution < 1.29 is 14.8 Å². The lowest BCUT2D eigenvalue weighted by Crippen LogP contribution is -1.97. The maximum atomic E-state index is 10.5. The van der Waals surface area contributed by atoms with Gasteiger partial charge in [-0.15, -0.1) is 0 Å². The third kappa shape index (κ3) is 2.26. The van der Waals surface area contributed by atoms with Crippen LogP contribution in [0.1, 0.15) is 6.42 Å². The highest BCUT2D eigenvalue weighted by molar-refractivity contribution is 5.90. The lowest BCUT2D eigenvalue weighted by atomic mass is 10.2. The summed E-state index contributed by atoms with van der Waals surface area (Å²) in [5.41, 5.74) is 0.000556. The molecule has 13 heavy (non-hydrogen) atoms. The van der Waals surface area contributed by atoms with Crippen LogP contribution in [0.15, 0.2) is 35.6 Å². The first-order valence-corrected chi connectivity index (χ1v) is 3.57. The number of hydrogen-bond donors (Lipinski definition) is 1. The van der Waals surface area contributed by atoms with Gasteiger partial charge in [0.05, 0.1) is 10.5 Å². The molecule has 0 bridgehead atoms. The molecule has 0 saturated heterocycles. The number of allylic oxidation sites excluding steroid dienone is 3. The van der Waals surface area contributed by atoms with Crippen molar-refractivity contribution in [2.75, 3.05) is 0 Å². The van der Waals surface area contributed by atoms with E-state index in [2.05, 4.69) is 0 Å². The number of carboxylic acid groups (broad SMARTS) is 1. The van der Waals surface area contributed by atoms with Crippen molar-refractivity contribution in [2.24, 2.45) is 0 Å². The molecule has 0 atom stereocenters. The van der Waals surface area contributed by atoms with E-state index < -0.39 is 10.9 Å². The monoisotopic (exact) mass is 181 g/mol. The zero-order chi connectivity index (χ0) is 9.84. The van der Waals surface area contributed by atoms with E-state index in [-0.39, 0.29) is 17.7 Å². The van der Waals surface area contributed by atoms with Crippen LogP contribution >= 0.6 is 0 Å². The van der Waals surface area contributed by atoms with Gasteiger partial charge in [0.25, 0.3) is 5.70 Å². The summed E-state index contributed by atoms with van der Waals surface area (Å²) in [4.78, 5) is 20.2. The highest BCUT2D eigenvalue weighted by Crippen LogP contribution is 2.10. The summed E-state index contributed by atoms with van der Waals surface area (Å²) in [6.07, 6.45) is 5.48. The molecule has 0 aromatic carbocycles. The van der Waals surface area contributed by atoms with Crippen molar-refractivity contribution in [1.82, 2.24) is 0 Å². The Morgan fingerprint density at radius 1 is 1.46 bits per heavy atom. The van der Waals surface area contributed by atoms with Crippen LogP contribution in [0.3, 0.4) is 0 Å². The van der Waals surface area contributed by atoms with Crippen LogP contribution in [0.5, 0.6) is 0 Å². The highest BCUT2D eigenvalue weighted by Gasteiger charge is 2.10. The molecule has 0 aromatic rings. The van der Waals surface area contributed by atoms with Crippen molar-refractivity contribution >= 4 is 5.97 Å². The first-order valence-electron chi connectivity index (χ1n) is 3.57. The molecule has 1 aliphatic rings. The minimum Gasteiger partial charge on any atom is -0.478 e. The molecule has 1 rings (SSSR count). The molecule has 0 unspecified atom stereocenters. The van der Waals surface area contributed by atoms with Crippen LogP contribution in [0, 0.1) is 10.1 Å². The Morgan fingerprint density at radius 2 is 2.15 bits per heavy atom. The predicted octanol–water partition coefficient (Wildman–Crippen LogP) is 1.12. The van der Waals surface area contributed by atoms with Gasteiger partial charge >= 0.3 is 5.97 Å². The molecule has 0 amide bonds. The van der Waals surface area contributed by atoms with Crippen molar-refractivity contribution in [3.05, 3.63) is 45.7 Å². The molecular weight excluding hydrogens is 174 g/mol. The molecule has 0 saturated carbocycles. The second-order valence-corrected chi connectivity index (χ2v) is 2.42. The van der Waals surface area contributed by atoms with Gasteiger partial charge in [0.1, 0.15) is 0 Å². The Morgan fingerprint density at radius 3 is 2.69 bits per heavy atom. The third-order valence-corrected chi connectivity index (χ3v) is 1.56. The number of hydrogen-bond acceptors (Lipinski definition) is 3. The third-order valence-electron chi connectivity index (χ3n) is 1.56. The Hall–Kier alpha value is -1.91. The second kappa shape index (κ2) is 3.66. The SMILES string of the molecule is O=C(O)C1=CCC=C([N+](=O)[O-])C=C1. The molecule has 68 valence electrons. The van der Waals surface area contributed by atoms with Crippen molar-refractivity contribution in [1.29, 1.82) is 0 Å².